The van der Waals surface area contributed by atoms with E-state index in [0.29, 0.717) is 0 Å². The summed E-state index contributed by atoms with van der Waals surface area (Å²) in [6.07, 6.45) is 0. The van der Waals surface area contributed by atoms with Gasteiger partial charge in [-0.15, -0.1) is 0 Å². The minimum atomic E-state index is -0.474. The molecule has 132 valence electrons. The highest BCUT2D eigenvalue weighted by atomic mass is 16.2. The summed E-state index contributed by atoms with van der Waals surface area (Å²) in [5.74, 6) is -0.0774. The summed E-state index contributed by atoms with van der Waals surface area (Å²) in [6, 6.07) is 23.4. The zero-order valence-electron chi connectivity index (χ0n) is 15.4. The molecule has 0 aliphatic carbocycles. The topological polar surface area (TPSA) is 41.1 Å². The number of amides is 1. The summed E-state index contributed by atoms with van der Waals surface area (Å²) in [6.45, 7) is 6.06. The number of benzene rings is 3. The Morgan fingerprint density at radius 3 is 2.27 bits per heavy atom. The molecule has 2 N–H and O–H groups in total. The van der Waals surface area contributed by atoms with Crippen LogP contribution in [0.15, 0.2) is 72.8 Å². The average molecular weight is 344 g/mol. The van der Waals surface area contributed by atoms with Crippen LogP contribution in [0.25, 0.3) is 0 Å². The lowest BCUT2D eigenvalue weighted by molar-refractivity contribution is -0.117. The van der Waals surface area contributed by atoms with Crippen molar-refractivity contribution in [2.24, 2.45) is 0 Å². The van der Waals surface area contributed by atoms with Gasteiger partial charge in [0.2, 0.25) is 0 Å². The van der Waals surface area contributed by atoms with Crippen LogP contribution in [-0.2, 0) is 4.79 Å². The SMILES string of the molecule is Cc1cccc(N[C@@H](C(=O)Nc2cc(C)ccc2C)c2ccccc2)c1. The maximum Gasteiger partial charge on any atom is 0.251 e. The van der Waals surface area contributed by atoms with E-state index < -0.39 is 6.04 Å². The standard InChI is InChI=1S/C23H24N2O/c1-16-8-7-11-20(14-16)24-22(19-9-5-4-6-10-19)23(26)25-21-15-17(2)12-13-18(21)3/h4-15,22,24H,1-3H3,(H,25,26)/t22-/m1/s1. The molecule has 3 heteroatoms. The van der Waals surface area contributed by atoms with Gasteiger partial charge in [0.25, 0.3) is 5.91 Å². The first-order valence-electron chi connectivity index (χ1n) is 8.79. The van der Waals surface area contributed by atoms with E-state index in [-0.39, 0.29) is 5.91 Å². The third kappa shape index (κ3) is 4.31. The fraction of sp³-hybridized carbons (Fsp3) is 0.174. The van der Waals surface area contributed by atoms with Gasteiger partial charge < -0.3 is 10.6 Å². The quantitative estimate of drug-likeness (QED) is 0.650. The lowest BCUT2D eigenvalue weighted by Gasteiger charge is -2.21. The molecule has 0 aliphatic heterocycles. The van der Waals surface area contributed by atoms with E-state index >= 15 is 0 Å². The molecule has 0 bridgehead atoms. The van der Waals surface area contributed by atoms with Crippen LogP contribution < -0.4 is 10.6 Å². The highest BCUT2D eigenvalue weighted by molar-refractivity contribution is 5.98. The molecule has 0 aliphatic rings. The molecule has 0 saturated carbocycles. The summed E-state index contributed by atoms with van der Waals surface area (Å²) >= 11 is 0. The van der Waals surface area contributed by atoms with E-state index in [1.807, 2.05) is 93.6 Å². The van der Waals surface area contributed by atoms with E-state index in [0.717, 1.165) is 33.6 Å². The van der Waals surface area contributed by atoms with Crippen LogP contribution in [0.2, 0.25) is 0 Å². The summed E-state index contributed by atoms with van der Waals surface area (Å²) in [4.78, 5) is 13.1. The molecule has 3 aromatic rings. The summed E-state index contributed by atoms with van der Waals surface area (Å²) < 4.78 is 0. The van der Waals surface area contributed by atoms with Crippen molar-refractivity contribution in [2.75, 3.05) is 10.6 Å². The molecule has 3 nitrogen and oxygen atoms in total. The van der Waals surface area contributed by atoms with Crippen LogP contribution in [0, 0.1) is 20.8 Å². The molecule has 0 saturated heterocycles. The number of rotatable bonds is 5. The monoisotopic (exact) mass is 344 g/mol. The summed E-state index contributed by atoms with van der Waals surface area (Å²) in [5.41, 5.74) is 6.02. The van der Waals surface area contributed by atoms with Crippen LogP contribution >= 0.6 is 0 Å². The fourth-order valence-corrected chi connectivity index (χ4v) is 2.92. The van der Waals surface area contributed by atoms with Crippen LogP contribution in [0.4, 0.5) is 11.4 Å². The predicted octanol–water partition coefficient (Wildman–Crippen LogP) is 5.40. The Morgan fingerprint density at radius 2 is 1.54 bits per heavy atom. The molecule has 0 aromatic heterocycles. The van der Waals surface area contributed by atoms with Crippen LogP contribution in [0.5, 0.6) is 0 Å². The van der Waals surface area contributed by atoms with E-state index in [1.165, 1.54) is 0 Å². The zero-order chi connectivity index (χ0) is 18.5. The number of carbonyl (C=O) groups is 1. The van der Waals surface area contributed by atoms with Crippen molar-refractivity contribution in [3.05, 3.63) is 95.1 Å². The van der Waals surface area contributed by atoms with E-state index in [1.54, 1.807) is 0 Å². The van der Waals surface area contributed by atoms with Crippen LogP contribution in [0.3, 0.4) is 0 Å². The van der Waals surface area contributed by atoms with Crippen molar-refractivity contribution in [1.82, 2.24) is 0 Å². The highest BCUT2D eigenvalue weighted by Crippen LogP contribution is 2.24. The first-order chi connectivity index (χ1) is 12.5. The minimum Gasteiger partial charge on any atom is -0.370 e. The normalized spacial score (nSPS) is 11.7. The number of anilines is 2. The van der Waals surface area contributed by atoms with Crippen LogP contribution in [0.1, 0.15) is 28.3 Å². The first kappa shape index (κ1) is 17.7. The molecule has 1 atom stereocenters. The van der Waals surface area contributed by atoms with Crippen molar-refractivity contribution < 1.29 is 4.79 Å². The van der Waals surface area contributed by atoms with E-state index in [4.69, 9.17) is 0 Å². The molecular weight excluding hydrogens is 320 g/mol. The Hall–Kier alpha value is -3.07. The van der Waals surface area contributed by atoms with Crippen molar-refractivity contribution in [2.45, 2.75) is 26.8 Å². The van der Waals surface area contributed by atoms with Gasteiger partial charge >= 0.3 is 0 Å². The largest absolute Gasteiger partial charge is 0.370 e. The van der Waals surface area contributed by atoms with Gasteiger partial charge in [-0.05, 0) is 61.2 Å². The number of carbonyl (C=O) groups excluding carboxylic acids is 1. The summed E-state index contributed by atoms with van der Waals surface area (Å²) in [5, 5.41) is 6.46. The van der Waals surface area contributed by atoms with Gasteiger partial charge in [0.1, 0.15) is 6.04 Å². The predicted molar refractivity (Wildman–Crippen MR) is 109 cm³/mol. The smallest absolute Gasteiger partial charge is 0.251 e. The Labute approximate surface area is 155 Å². The Kier molecular flexibility index (Phi) is 5.37. The van der Waals surface area contributed by atoms with Gasteiger partial charge in [0, 0.05) is 11.4 Å². The number of hydrogen-bond acceptors (Lipinski definition) is 2. The number of nitrogens with one attached hydrogen (secondary N) is 2. The maximum absolute atomic E-state index is 13.1. The summed E-state index contributed by atoms with van der Waals surface area (Å²) in [7, 11) is 0. The van der Waals surface area contributed by atoms with Gasteiger partial charge in [-0.2, -0.15) is 0 Å². The zero-order valence-corrected chi connectivity index (χ0v) is 15.4. The molecule has 0 fully saturated rings. The molecule has 0 heterocycles. The second kappa shape index (κ2) is 7.87. The van der Waals surface area contributed by atoms with Crippen molar-refractivity contribution in [3.63, 3.8) is 0 Å². The van der Waals surface area contributed by atoms with Crippen molar-refractivity contribution >= 4 is 17.3 Å². The number of hydrogen-bond donors (Lipinski definition) is 2. The van der Waals surface area contributed by atoms with Gasteiger partial charge in [0.05, 0.1) is 0 Å². The second-order valence-corrected chi connectivity index (χ2v) is 6.67. The molecule has 26 heavy (non-hydrogen) atoms. The molecule has 3 aromatic carbocycles. The van der Waals surface area contributed by atoms with Crippen molar-refractivity contribution in [1.29, 1.82) is 0 Å². The lowest BCUT2D eigenvalue weighted by atomic mass is 10.0. The van der Waals surface area contributed by atoms with Gasteiger partial charge in [-0.1, -0.05) is 54.6 Å². The Bertz CT molecular complexity index is 903. The number of aryl methyl sites for hydroxylation is 3. The maximum atomic E-state index is 13.1. The average Bonchev–Trinajstić information content (AvgIpc) is 2.63. The molecule has 3 rings (SSSR count). The molecular formula is C23H24N2O. The highest BCUT2D eigenvalue weighted by Gasteiger charge is 2.21. The second-order valence-electron chi connectivity index (χ2n) is 6.67. The fourth-order valence-electron chi connectivity index (χ4n) is 2.92. The lowest BCUT2D eigenvalue weighted by Crippen LogP contribution is -2.27. The van der Waals surface area contributed by atoms with Gasteiger partial charge in [-0.3, -0.25) is 4.79 Å². The van der Waals surface area contributed by atoms with E-state index in [2.05, 4.69) is 10.6 Å². The minimum absolute atomic E-state index is 0.0774. The molecule has 1 amide bonds. The first-order valence-corrected chi connectivity index (χ1v) is 8.79. The third-order valence-electron chi connectivity index (χ3n) is 4.38. The Balaban J connectivity index is 1.90. The molecule has 0 spiro atoms. The Morgan fingerprint density at radius 1 is 0.808 bits per heavy atom. The third-order valence-corrected chi connectivity index (χ3v) is 4.38. The van der Waals surface area contributed by atoms with E-state index in [9.17, 15) is 4.79 Å². The van der Waals surface area contributed by atoms with Gasteiger partial charge in [-0.25, -0.2) is 0 Å². The molecule has 0 radical (unpaired) electrons. The van der Waals surface area contributed by atoms with Gasteiger partial charge in [0.15, 0.2) is 0 Å². The van der Waals surface area contributed by atoms with Crippen molar-refractivity contribution in [3.8, 4) is 0 Å². The van der Waals surface area contributed by atoms with Crippen LogP contribution in [-0.4, -0.2) is 5.91 Å². The molecule has 0 unspecified atom stereocenters.